The summed E-state index contributed by atoms with van der Waals surface area (Å²) in [5.74, 6) is 0. The van der Waals surface area contributed by atoms with E-state index in [1.165, 1.54) is 5.69 Å². The van der Waals surface area contributed by atoms with Crippen LogP contribution in [-0.4, -0.2) is 38.1 Å². The van der Waals surface area contributed by atoms with E-state index < -0.39 is 0 Å². The number of hydrogen-bond acceptors (Lipinski definition) is 3. The van der Waals surface area contributed by atoms with Gasteiger partial charge in [0.1, 0.15) is 0 Å². The first kappa shape index (κ1) is 11.4. The summed E-state index contributed by atoms with van der Waals surface area (Å²) < 4.78 is 11.9. The SMILES string of the molecule is CN1CCN(c2ccc(CNF)cc2)CC1. The summed E-state index contributed by atoms with van der Waals surface area (Å²) >= 11 is 0. The van der Waals surface area contributed by atoms with Crippen LogP contribution in [0.25, 0.3) is 0 Å². The molecule has 2 rings (SSSR count). The summed E-state index contributed by atoms with van der Waals surface area (Å²) in [6, 6.07) is 8.08. The maximum absolute atomic E-state index is 11.9. The predicted molar refractivity (Wildman–Crippen MR) is 64.1 cm³/mol. The van der Waals surface area contributed by atoms with Crippen LogP contribution < -0.4 is 10.4 Å². The van der Waals surface area contributed by atoms with Crippen LogP contribution in [0.4, 0.5) is 10.2 Å². The molecule has 0 radical (unpaired) electrons. The first-order valence-electron chi connectivity index (χ1n) is 5.65. The van der Waals surface area contributed by atoms with Gasteiger partial charge in [0.25, 0.3) is 0 Å². The van der Waals surface area contributed by atoms with E-state index in [0.717, 1.165) is 31.7 Å². The summed E-state index contributed by atoms with van der Waals surface area (Å²) in [5, 5.41) is 0. The highest BCUT2D eigenvalue weighted by atomic mass is 19.2. The van der Waals surface area contributed by atoms with Gasteiger partial charge in [0.2, 0.25) is 0 Å². The van der Waals surface area contributed by atoms with E-state index in [1.807, 2.05) is 12.1 Å². The van der Waals surface area contributed by atoms with Crippen LogP contribution in [0, 0.1) is 0 Å². The van der Waals surface area contributed by atoms with Crippen LogP contribution in [-0.2, 0) is 6.54 Å². The van der Waals surface area contributed by atoms with Gasteiger partial charge in [-0.2, -0.15) is 5.54 Å². The van der Waals surface area contributed by atoms with Crippen molar-refractivity contribution >= 4 is 5.69 Å². The van der Waals surface area contributed by atoms with Gasteiger partial charge in [-0.25, -0.2) is 0 Å². The van der Waals surface area contributed by atoms with Gasteiger partial charge >= 0.3 is 0 Å². The molecule has 0 aliphatic carbocycles. The lowest BCUT2D eigenvalue weighted by atomic mass is 10.2. The number of nitrogens with zero attached hydrogens (tertiary/aromatic N) is 2. The predicted octanol–water partition coefficient (Wildman–Crippen LogP) is 1.41. The van der Waals surface area contributed by atoms with Crippen molar-refractivity contribution in [3.05, 3.63) is 29.8 Å². The lowest BCUT2D eigenvalue weighted by Gasteiger charge is -2.34. The topological polar surface area (TPSA) is 18.5 Å². The summed E-state index contributed by atoms with van der Waals surface area (Å²) in [6.45, 7) is 4.62. The second-order valence-electron chi connectivity index (χ2n) is 4.27. The number of hydrogen-bond donors (Lipinski definition) is 1. The molecule has 0 aromatic heterocycles. The minimum absolute atomic E-state index is 0.281. The zero-order valence-electron chi connectivity index (χ0n) is 9.62. The fourth-order valence-electron chi connectivity index (χ4n) is 1.97. The number of nitrogens with one attached hydrogen (secondary N) is 1. The van der Waals surface area contributed by atoms with Gasteiger partial charge in [-0.1, -0.05) is 12.1 Å². The lowest BCUT2D eigenvalue weighted by molar-refractivity contribution is 0.313. The number of piperazine rings is 1. The van der Waals surface area contributed by atoms with E-state index in [9.17, 15) is 4.48 Å². The highest BCUT2D eigenvalue weighted by molar-refractivity contribution is 5.48. The Morgan fingerprint density at radius 1 is 1.12 bits per heavy atom. The van der Waals surface area contributed by atoms with Gasteiger partial charge < -0.3 is 9.80 Å². The third kappa shape index (κ3) is 2.71. The molecule has 1 aliphatic heterocycles. The lowest BCUT2D eigenvalue weighted by Crippen LogP contribution is -2.44. The number of likely N-dealkylation sites (N-methyl/N-ethyl adjacent to an activating group) is 1. The molecule has 1 heterocycles. The molecule has 4 heteroatoms. The van der Waals surface area contributed by atoms with Gasteiger partial charge in [-0.3, -0.25) is 0 Å². The van der Waals surface area contributed by atoms with Gasteiger partial charge in [-0.15, -0.1) is 4.48 Å². The molecule has 0 unspecified atom stereocenters. The van der Waals surface area contributed by atoms with E-state index in [2.05, 4.69) is 29.0 Å². The Morgan fingerprint density at radius 2 is 1.75 bits per heavy atom. The quantitative estimate of drug-likeness (QED) is 0.782. The van der Waals surface area contributed by atoms with Crippen molar-refractivity contribution in [1.82, 2.24) is 10.4 Å². The first-order valence-corrected chi connectivity index (χ1v) is 5.65. The Hall–Kier alpha value is -1.13. The molecule has 88 valence electrons. The Morgan fingerprint density at radius 3 is 2.31 bits per heavy atom. The molecular formula is C12H18FN3. The largest absolute Gasteiger partial charge is 0.369 e. The number of rotatable bonds is 3. The summed E-state index contributed by atoms with van der Waals surface area (Å²) in [6.07, 6.45) is 0. The fourth-order valence-corrected chi connectivity index (χ4v) is 1.97. The molecule has 3 nitrogen and oxygen atoms in total. The van der Waals surface area contributed by atoms with E-state index in [0.29, 0.717) is 0 Å². The van der Waals surface area contributed by atoms with Crippen molar-refractivity contribution in [1.29, 1.82) is 0 Å². The maximum atomic E-state index is 11.9. The maximum Gasteiger partial charge on any atom is 0.0510 e. The summed E-state index contributed by atoms with van der Waals surface area (Å²) in [7, 11) is 2.15. The second kappa shape index (κ2) is 5.27. The average molecular weight is 223 g/mol. The molecular weight excluding hydrogens is 205 g/mol. The van der Waals surface area contributed by atoms with Crippen molar-refractivity contribution < 1.29 is 4.48 Å². The van der Waals surface area contributed by atoms with Gasteiger partial charge in [0.05, 0.1) is 6.54 Å². The fraction of sp³-hybridized carbons (Fsp3) is 0.500. The van der Waals surface area contributed by atoms with Gasteiger partial charge in [0.15, 0.2) is 0 Å². The highest BCUT2D eigenvalue weighted by Crippen LogP contribution is 2.16. The molecule has 1 fully saturated rings. The standard InChI is InChI=1S/C12H18FN3/c1-15-6-8-16(9-7-15)12-4-2-11(3-5-12)10-14-13/h2-5,14H,6-10H2,1H3. The molecule has 1 aromatic carbocycles. The normalized spacial score (nSPS) is 17.8. The number of benzene rings is 1. The van der Waals surface area contributed by atoms with Gasteiger partial charge in [0, 0.05) is 31.9 Å². The minimum atomic E-state index is 0.281. The molecule has 0 saturated carbocycles. The molecule has 0 amide bonds. The Bertz CT molecular complexity index is 318. The second-order valence-corrected chi connectivity index (χ2v) is 4.27. The highest BCUT2D eigenvalue weighted by Gasteiger charge is 2.13. The third-order valence-corrected chi connectivity index (χ3v) is 3.08. The van der Waals surface area contributed by atoms with E-state index in [-0.39, 0.29) is 6.54 Å². The number of halogens is 1. The Labute approximate surface area is 95.8 Å². The summed E-state index contributed by atoms with van der Waals surface area (Å²) in [5.41, 5.74) is 3.87. The Kier molecular flexibility index (Phi) is 3.74. The zero-order chi connectivity index (χ0) is 11.4. The van der Waals surface area contributed by atoms with Crippen molar-refractivity contribution in [2.24, 2.45) is 0 Å². The van der Waals surface area contributed by atoms with Crippen LogP contribution >= 0.6 is 0 Å². The first-order chi connectivity index (χ1) is 7.79. The van der Waals surface area contributed by atoms with Crippen LogP contribution in [0.2, 0.25) is 0 Å². The molecule has 0 bridgehead atoms. The van der Waals surface area contributed by atoms with Crippen molar-refractivity contribution in [3.63, 3.8) is 0 Å². The van der Waals surface area contributed by atoms with Gasteiger partial charge in [-0.05, 0) is 24.7 Å². The monoisotopic (exact) mass is 223 g/mol. The number of anilines is 1. The molecule has 0 atom stereocenters. The average Bonchev–Trinajstić information content (AvgIpc) is 2.32. The van der Waals surface area contributed by atoms with Crippen molar-refractivity contribution in [2.45, 2.75) is 6.54 Å². The molecule has 1 saturated heterocycles. The van der Waals surface area contributed by atoms with E-state index >= 15 is 0 Å². The van der Waals surface area contributed by atoms with Crippen molar-refractivity contribution in [2.75, 3.05) is 38.1 Å². The van der Waals surface area contributed by atoms with E-state index in [1.54, 1.807) is 5.54 Å². The molecule has 0 spiro atoms. The smallest absolute Gasteiger partial charge is 0.0510 e. The van der Waals surface area contributed by atoms with Crippen LogP contribution in [0.5, 0.6) is 0 Å². The minimum Gasteiger partial charge on any atom is -0.369 e. The molecule has 16 heavy (non-hydrogen) atoms. The molecule has 1 aromatic rings. The summed E-state index contributed by atoms with van der Waals surface area (Å²) in [4.78, 5) is 4.70. The van der Waals surface area contributed by atoms with Crippen LogP contribution in [0.15, 0.2) is 24.3 Å². The van der Waals surface area contributed by atoms with Crippen LogP contribution in [0.1, 0.15) is 5.56 Å². The molecule has 1 N–H and O–H groups in total. The Balaban J connectivity index is 1.98. The third-order valence-electron chi connectivity index (χ3n) is 3.08. The van der Waals surface area contributed by atoms with E-state index in [4.69, 9.17) is 0 Å². The van der Waals surface area contributed by atoms with Crippen molar-refractivity contribution in [3.8, 4) is 0 Å². The molecule has 1 aliphatic rings. The zero-order valence-corrected chi connectivity index (χ0v) is 9.62. The van der Waals surface area contributed by atoms with Crippen LogP contribution in [0.3, 0.4) is 0 Å².